The van der Waals surface area contributed by atoms with Crippen molar-refractivity contribution in [3.63, 3.8) is 0 Å². The Bertz CT molecular complexity index is 407. The second-order valence-corrected chi connectivity index (χ2v) is 7.55. The zero-order chi connectivity index (χ0) is 12.6. The van der Waals surface area contributed by atoms with Crippen LogP contribution < -0.4 is 5.32 Å². The molecule has 1 amide bonds. The molecule has 2 bridgehead atoms. The van der Waals surface area contributed by atoms with E-state index in [4.69, 9.17) is 0 Å². The van der Waals surface area contributed by atoms with Crippen molar-refractivity contribution in [3.05, 3.63) is 0 Å². The van der Waals surface area contributed by atoms with E-state index in [0.717, 1.165) is 19.1 Å². The molecule has 0 saturated carbocycles. The summed E-state index contributed by atoms with van der Waals surface area (Å²) in [5.41, 5.74) is 0. The molecule has 2 fully saturated rings. The highest BCUT2D eigenvalue weighted by atomic mass is 32.2. The standard InChI is InChI=1S/C11H20N2O3S/c1-8(17(2,15)16)11(14)13-6-5-9-3-4-10(7-13)12-9/h8-10,12H,3-7H2,1-2H3. The van der Waals surface area contributed by atoms with Gasteiger partial charge in [0.15, 0.2) is 9.84 Å². The molecule has 6 heteroatoms. The molecule has 17 heavy (non-hydrogen) atoms. The first-order valence-electron chi connectivity index (χ1n) is 6.11. The molecule has 0 radical (unpaired) electrons. The van der Waals surface area contributed by atoms with Crippen molar-refractivity contribution in [2.75, 3.05) is 19.3 Å². The maximum absolute atomic E-state index is 12.1. The van der Waals surface area contributed by atoms with E-state index < -0.39 is 15.1 Å². The highest BCUT2D eigenvalue weighted by molar-refractivity contribution is 7.92. The van der Waals surface area contributed by atoms with Crippen molar-refractivity contribution in [3.8, 4) is 0 Å². The number of fused-ring (bicyclic) bond motifs is 2. The molecule has 0 aliphatic carbocycles. The molecular weight excluding hydrogens is 240 g/mol. The van der Waals surface area contributed by atoms with Gasteiger partial charge in [0.2, 0.25) is 5.91 Å². The Morgan fingerprint density at radius 1 is 1.29 bits per heavy atom. The van der Waals surface area contributed by atoms with Crippen LogP contribution >= 0.6 is 0 Å². The quantitative estimate of drug-likeness (QED) is 0.745. The van der Waals surface area contributed by atoms with Crippen molar-refractivity contribution >= 4 is 15.7 Å². The van der Waals surface area contributed by atoms with Crippen molar-refractivity contribution in [2.24, 2.45) is 0 Å². The average molecular weight is 260 g/mol. The van der Waals surface area contributed by atoms with E-state index in [0.29, 0.717) is 25.2 Å². The second kappa shape index (κ2) is 4.57. The first-order valence-corrected chi connectivity index (χ1v) is 8.07. The van der Waals surface area contributed by atoms with Crippen LogP contribution in [0.4, 0.5) is 0 Å². The number of nitrogens with one attached hydrogen (secondary N) is 1. The van der Waals surface area contributed by atoms with Gasteiger partial charge in [0.25, 0.3) is 0 Å². The van der Waals surface area contributed by atoms with Crippen molar-refractivity contribution in [2.45, 2.75) is 43.5 Å². The molecule has 2 saturated heterocycles. The Balaban J connectivity index is 2.05. The number of carbonyl (C=O) groups excluding carboxylic acids is 1. The molecule has 0 aromatic rings. The highest BCUT2D eigenvalue weighted by Gasteiger charge is 2.34. The zero-order valence-electron chi connectivity index (χ0n) is 10.3. The van der Waals surface area contributed by atoms with Gasteiger partial charge in [-0.05, 0) is 26.2 Å². The number of nitrogens with zero attached hydrogens (tertiary/aromatic N) is 1. The topological polar surface area (TPSA) is 66.5 Å². The Morgan fingerprint density at radius 3 is 2.59 bits per heavy atom. The van der Waals surface area contributed by atoms with Gasteiger partial charge in [-0.25, -0.2) is 8.42 Å². The van der Waals surface area contributed by atoms with E-state index in [9.17, 15) is 13.2 Å². The van der Waals surface area contributed by atoms with Crippen LogP contribution in [0.15, 0.2) is 0 Å². The monoisotopic (exact) mass is 260 g/mol. The molecule has 2 rings (SSSR count). The van der Waals surface area contributed by atoms with Crippen molar-refractivity contribution in [1.82, 2.24) is 10.2 Å². The van der Waals surface area contributed by atoms with Gasteiger partial charge >= 0.3 is 0 Å². The summed E-state index contributed by atoms with van der Waals surface area (Å²) in [6, 6.07) is 0.851. The van der Waals surface area contributed by atoms with Gasteiger partial charge in [-0.3, -0.25) is 4.79 Å². The van der Waals surface area contributed by atoms with E-state index in [2.05, 4.69) is 5.32 Å². The minimum atomic E-state index is -3.29. The highest BCUT2D eigenvalue weighted by Crippen LogP contribution is 2.21. The van der Waals surface area contributed by atoms with E-state index in [1.54, 1.807) is 4.90 Å². The molecule has 98 valence electrons. The summed E-state index contributed by atoms with van der Waals surface area (Å²) in [5.74, 6) is -0.248. The minimum absolute atomic E-state index is 0.248. The van der Waals surface area contributed by atoms with Crippen LogP contribution in [0.25, 0.3) is 0 Å². The molecule has 2 aliphatic heterocycles. The van der Waals surface area contributed by atoms with Crippen LogP contribution in [0.3, 0.4) is 0 Å². The summed E-state index contributed by atoms with van der Waals surface area (Å²) in [5, 5.41) is 2.55. The third-order valence-corrected chi connectivity index (χ3v) is 5.31. The van der Waals surface area contributed by atoms with Crippen LogP contribution in [0, 0.1) is 0 Å². The van der Waals surface area contributed by atoms with Gasteiger partial charge in [0.05, 0.1) is 0 Å². The summed E-state index contributed by atoms with van der Waals surface area (Å²) in [7, 11) is -3.29. The first-order chi connectivity index (χ1) is 7.88. The predicted octanol–water partition coefficient (Wildman–Crippen LogP) is -0.228. The lowest BCUT2D eigenvalue weighted by Crippen LogP contribution is -2.45. The summed E-state index contributed by atoms with van der Waals surface area (Å²) >= 11 is 0. The fraction of sp³-hybridized carbons (Fsp3) is 0.909. The molecule has 2 heterocycles. The number of carbonyl (C=O) groups is 1. The molecule has 3 unspecified atom stereocenters. The Kier molecular flexibility index (Phi) is 3.45. The molecule has 0 aromatic heterocycles. The fourth-order valence-corrected chi connectivity index (χ4v) is 3.10. The Hall–Kier alpha value is -0.620. The summed E-state index contributed by atoms with van der Waals surface area (Å²) < 4.78 is 22.8. The SMILES string of the molecule is CC(C(=O)N1CCC2CCC(C1)N2)S(C)(=O)=O. The van der Waals surface area contributed by atoms with E-state index in [-0.39, 0.29) is 5.91 Å². The van der Waals surface area contributed by atoms with Crippen molar-refractivity contribution in [1.29, 1.82) is 0 Å². The number of rotatable bonds is 2. The number of likely N-dealkylation sites (tertiary alicyclic amines) is 1. The lowest BCUT2D eigenvalue weighted by molar-refractivity contribution is -0.130. The lowest BCUT2D eigenvalue weighted by Gasteiger charge is -2.26. The third kappa shape index (κ3) is 2.80. The largest absolute Gasteiger partial charge is 0.340 e. The van der Waals surface area contributed by atoms with Crippen LogP contribution in [-0.4, -0.2) is 55.9 Å². The molecule has 5 nitrogen and oxygen atoms in total. The number of hydrogen-bond acceptors (Lipinski definition) is 4. The fourth-order valence-electron chi connectivity index (χ4n) is 2.58. The van der Waals surface area contributed by atoms with Crippen LogP contribution in [0.5, 0.6) is 0 Å². The normalized spacial score (nSPS) is 31.1. The average Bonchev–Trinajstić information content (AvgIpc) is 2.55. The maximum Gasteiger partial charge on any atom is 0.240 e. The summed E-state index contributed by atoms with van der Waals surface area (Å²) in [4.78, 5) is 13.8. The smallest absolute Gasteiger partial charge is 0.240 e. The zero-order valence-corrected chi connectivity index (χ0v) is 11.2. The van der Waals surface area contributed by atoms with Crippen molar-refractivity contribution < 1.29 is 13.2 Å². The summed E-state index contributed by atoms with van der Waals surface area (Å²) in [6.07, 6.45) is 4.31. The van der Waals surface area contributed by atoms with Crippen LogP contribution in [0.2, 0.25) is 0 Å². The number of amides is 1. The van der Waals surface area contributed by atoms with Crippen LogP contribution in [0.1, 0.15) is 26.2 Å². The first kappa shape index (κ1) is 12.8. The Labute approximate surface area is 102 Å². The van der Waals surface area contributed by atoms with Crippen LogP contribution in [-0.2, 0) is 14.6 Å². The molecule has 2 aliphatic rings. The van der Waals surface area contributed by atoms with E-state index in [1.165, 1.54) is 13.3 Å². The predicted molar refractivity (Wildman–Crippen MR) is 65.4 cm³/mol. The second-order valence-electron chi connectivity index (χ2n) is 5.18. The van der Waals surface area contributed by atoms with E-state index in [1.807, 2.05) is 0 Å². The van der Waals surface area contributed by atoms with Gasteiger partial charge in [-0.2, -0.15) is 0 Å². The molecule has 0 aromatic carbocycles. The van der Waals surface area contributed by atoms with Gasteiger partial charge in [-0.15, -0.1) is 0 Å². The maximum atomic E-state index is 12.1. The van der Waals surface area contributed by atoms with Gasteiger partial charge in [0.1, 0.15) is 5.25 Å². The van der Waals surface area contributed by atoms with E-state index >= 15 is 0 Å². The lowest BCUT2D eigenvalue weighted by atomic mass is 10.1. The van der Waals surface area contributed by atoms with Gasteiger partial charge in [-0.1, -0.05) is 0 Å². The molecular formula is C11H20N2O3S. The molecule has 1 N–H and O–H groups in total. The van der Waals surface area contributed by atoms with Gasteiger partial charge < -0.3 is 10.2 Å². The molecule has 0 spiro atoms. The summed E-state index contributed by atoms with van der Waals surface area (Å²) in [6.45, 7) is 2.80. The Morgan fingerprint density at radius 2 is 1.94 bits per heavy atom. The number of hydrogen-bond donors (Lipinski definition) is 1. The van der Waals surface area contributed by atoms with Gasteiger partial charge in [0, 0.05) is 31.4 Å². The number of sulfone groups is 1. The third-order valence-electron chi connectivity index (χ3n) is 3.82. The minimum Gasteiger partial charge on any atom is -0.340 e. The molecule has 3 atom stereocenters.